The van der Waals surface area contributed by atoms with E-state index in [1.54, 1.807) is 4.90 Å². The van der Waals surface area contributed by atoms with Crippen molar-refractivity contribution in [1.82, 2.24) is 4.90 Å². The molecular formula is C17H22N2O7S. The summed E-state index contributed by atoms with van der Waals surface area (Å²) in [6.45, 7) is 4.74. The van der Waals surface area contributed by atoms with Gasteiger partial charge < -0.3 is 9.64 Å². The van der Waals surface area contributed by atoms with Gasteiger partial charge in [-0.1, -0.05) is 6.92 Å². The van der Waals surface area contributed by atoms with Crippen LogP contribution in [-0.4, -0.2) is 55.6 Å². The molecule has 10 heteroatoms. The molecule has 0 aliphatic carbocycles. The van der Waals surface area contributed by atoms with Crippen LogP contribution in [0.5, 0.6) is 0 Å². The number of carbonyl (C=O) groups excluding carboxylic acids is 2. The van der Waals surface area contributed by atoms with E-state index < -0.39 is 37.4 Å². The van der Waals surface area contributed by atoms with Crippen molar-refractivity contribution in [2.24, 2.45) is 5.92 Å². The van der Waals surface area contributed by atoms with Crippen molar-refractivity contribution < 1.29 is 27.7 Å². The normalized spacial score (nSPS) is 16.6. The first kappa shape index (κ1) is 20.8. The fourth-order valence-corrected chi connectivity index (χ4v) is 3.69. The molecule has 148 valence electrons. The topological polar surface area (TPSA) is 124 Å². The zero-order valence-electron chi connectivity index (χ0n) is 15.4. The van der Waals surface area contributed by atoms with Crippen molar-refractivity contribution in [2.75, 3.05) is 19.3 Å². The zero-order valence-corrected chi connectivity index (χ0v) is 16.2. The molecule has 1 atom stereocenters. The minimum atomic E-state index is -3.83. The summed E-state index contributed by atoms with van der Waals surface area (Å²) in [5, 5.41) is 11.1. The lowest BCUT2D eigenvalue weighted by molar-refractivity contribution is -0.387. The van der Waals surface area contributed by atoms with Gasteiger partial charge in [0, 0.05) is 25.4 Å². The number of likely N-dealkylation sites (tertiary alicyclic amines) is 1. The van der Waals surface area contributed by atoms with Crippen molar-refractivity contribution in [3.8, 4) is 0 Å². The molecule has 1 aliphatic heterocycles. The number of piperidine rings is 1. The predicted molar refractivity (Wildman–Crippen MR) is 96.1 cm³/mol. The lowest BCUT2D eigenvalue weighted by atomic mass is 9.99. The second-order valence-electron chi connectivity index (χ2n) is 6.77. The summed E-state index contributed by atoms with van der Waals surface area (Å²) in [5.41, 5.74) is -0.906. The van der Waals surface area contributed by atoms with Gasteiger partial charge in [-0.05, 0) is 37.8 Å². The summed E-state index contributed by atoms with van der Waals surface area (Å²) in [6, 6.07) is 2.96. The summed E-state index contributed by atoms with van der Waals surface area (Å²) >= 11 is 0. The Kier molecular flexibility index (Phi) is 6.19. The molecule has 0 saturated carbocycles. The number of rotatable bonds is 5. The fourth-order valence-electron chi connectivity index (χ4n) is 2.87. The highest BCUT2D eigenvalue weighted by molar-refractivity contribution is 7.90. The zero-order chi connectivity index (χ0) is 20.4. The molecule has 2 rings (SSSR count). The first-order chi connectivity index (χ1) is 12.5. The molecule has 1 saturated heterocycles. The van der Waals surface area contributed by atoms with Crippen molar-refractivity contribution in [1.29, 1.82) is 0 Å². The van der Waals surface area contributed by atoms with E-state index in [1.807, 2.05) is 0 Å². The molecule has 1 heterocycles. The second-order valence-corrected chi connectivity index (χ2v) is 8.75. The van der Waals surface area contributed by atoms with Crippen LogP contribution in [0.2, 0.25) is 0 Å². The Morgan fingerprint density at radius 3 is 2.41 bits per heavy atom. The standard InChI is InChI=1S/C17H22N2O7S/c1-11-6-8-18(9-7-11)16(20)12(2)26-17(21)13-4-5-15(27(3,24)25)14(10-13)19(22)23/h4-5,10-12H,6-9H2,1-3H3/t12-/m0/s1. The van der Waals surface area contributed by atoms with Crippen molar-refractivity contribution in [2.45, 2.75) is 37.7 Å². The molecule has 1 aromatic carbocycles. The van der Waals surface area contributed by atoms with Gasteiger partial charge in [-0.3, -0.25) is 14.9 Å². The second kappa shape index (κ2) is 8.03. The number of nitro benzene ring substituents is 1. The van der Waals surface area contributed by atoms with E-state index in [0.29, 0.717) is 19.0 Å². The molecule has 9 nitrogen and oxygen atoms in total. The molecule has 1 aromatic rings. The minimum Gasteiger partial charge on any atom is -0.449 e. The Morgan fingerprint density at radius 2 is 1.89 bits per heavy atom. The third-order valence-electron chi connectivity index (χ3n) is 4.52. The smallest absolute Gasteiger partial charge is 0.339 e. The van der Waals surface area contributed by atoms with Gasteiger partial charge in [0.15, 0.2) is 15.9 Å². The first-order valence-electron chi connectivity index (χ1n) is 8.49. The monoisotopic (exact) mass is 398 g/mol. The highest BCUT2D eigenvalue weighted by Crippen LogP contribution is 2.25. The molecular weight excluding hydrogens is 376 g/mol. The Hall–Kier alpha value is -2.49. The number of nitrogens with zero attached hydrogens (tertiary/aromatic N) is 2. The average molecular weight is 398 g/mol. The van der Waals surface area contributed by atoms with Gasteiger partial charge in [-0.25, -0.2) is 13.2 Å². The molecule has 0 radical (unpaired) electrons. The number of nitro groups is 1. The SMILES string of the molecule is CC1CCN(C(=O)[C@H](C)OC(=O)c2ccc(S(C)(=O)=O)c([N+](=O)[O-])c2)CC1. The molecule has 1 amide bonds. The van der Waals surface area contributed by atoms with Crippen LogP contribution in [0.4, 0.5) is 5.69 Å². The fraction of sp³-hybridized carbons (Fsp3) is 0.529. The maximum absolute atomic E-state index is 12.4. The van der Waals surface area contributed by atoms with Gasteiger partial charge in [0.2, 0.25) is 0 Å². The van der Waals surface area contributed by atoms with Gasteiger partial charge >= 0.3 is 5.97 Å². The van der Waals surface area contributed by atoms with E-state index in [0.717, 1.165) is 37.3 Å². The molecule has 0 spiro atoms. The number of hydrogen-bond acceptors (Lipinski definition) is 7. The summed E-state index contributed by atoms with van der Waals surface area (Å²) in [5.74, 6) is -0.706. The molecule has 0 unspecified atom stereocenters. The van der Waals surface area contributed by atoms with Crippen molar-refractivity contribution in [3.05, 3.63) is 33.9 Å². The maximum Gasteiger partial charge on any atom is 0.339 e. The minimum absolute atomic E-state index is 0.194. The summed E-state index contributed by atoms with van der Waals surface area (Å²) in [4.78, 5) is 36.1. The van der Waals surface area contributed by atoms with Crippen LogP contribution in [0.25, 0.3) is 0 Å². The summed E-state index contributed by atoms with van der Waals surface area (Å²) < 4.78 is 28.4. The molecule has 0 aromatic heterocycles. The Balaban J connectivity index is 2.14. The van der Waals surface area contributed by atoms with Gasteiger partial charge in [0.1, 0.15) is 4.90 Å². The number of benzene rings is 1. The van der Waals surface area contributed by atoms with Gasteiger partial charge in [-0.15, -0.1) is 0 Å². The van der Waals surface area contributed by atoms with Gasteiger partial charge in [0.05, 0.1) is 10.5 Å². The van der Waals surface area contributed by atoms with Crippen molar-refractivity contribution >= 4 is 27.4 Å². The lowest BCUT2D eigenvalue weighted by Crippen LogP contribution is -2.44. The number of ether oxygens (including phenoxy) is 1. The van der Waals surface area contributed by atoms with E-state index >= 15 is 0 Å². The Labute approximate surface area is 157 Å². The maximum atomic E-state index is 12.4. The van der Waals surface area contributed by atoms with Crippen LogP contribution in [0.1, 0.15) is 37.0 Å². The Morgan fingerprint density at radius 1 is 1.30 bits per heavy atom. The molecule has 0 N–H and O–H groups in total. The van der Waals surface area contributed by atoms with Gasteiger partial charge in [-0.2, -0.15) is 0 Å². The van der Waals surface area contributed by atoms with E-state index in [4.69, 9.17) is 4.74 Å². The third kappa shape index (κ3) is 5.03. The number of hydrogen-bond donors (Lipinski definition) is 0. The molecule has 1 fully saturated rings. The predicted octanol–water partition coefficient (Wildman–Crippen LogP) is 1.80. The largest absolute Gasteiger partial charge is 0.449 e. The highest BCUT2D eigenvalue weighted by atomic mass is 32.2. The number of carbonyl (C=O) groups is 2. The number of esters is 1. The summed E-state index contributed by atoms with van der Waals surface area (Å²) in [7, 11) is -3.83. The van der Waals surface area contributed by atoms with E-state index in [2.05, 4.69) is 6.92 Å². The first-order valence-corrected chi connectivity index (χ1v) is 10.4. The van der Waals surface area contributed by atoms with Crippen LogP contribution >= 0.6 is 0 Å². The van der Waals surface area contributed by atoms with Crippen LogP contribution in [0.15, 0.2) is 23.1 Å². The Bertz CT molecular complexity index is 858. The van der Waals surface area contributed by atoms with E-state index in [9.17, 15) is 28.1 Å². The molecule has 0 bridgehead atoms. The summed E-state index contributed by atoms with van der Waals surface area (Å²) in [6.07, 6.45) is 1.56. The highest BCUT2D eigenvalue weighted by Gasteiger charge is 2.29. The van der Waals surface area contributed by atoms with Crippen LogP contribution < -0.4 is 0 Å². The number of sulfone groups is 1. The van der Waals surface area contributed by atoms with Crippen LogP contribution in [0.3, 0.4) is 0 Å². The van der Waals surface area contributed by atoms with Gasteiger partial charge in [0.25, 0.3) is 11.6 Å². The van der Waals surface area contributed by atoms with Crippen LogP contribution in [0, 0.1) is 16.0 Å². The lowest BCUT2D eigenvalue weighted by Gasteiger charge is -2.31. The molecule has 27 heavy (non-hydrogen) atoms. The van der Waals surface area contributed by atoms with Crippen molar-refractivity contribution in [3.63, 3.8) is 0 Å². The quantitative estimate of drug-likeness (QED) is 0.421. The van der Waals surface area contributed by atoms with Crippen LogP contribution in [-0.2, 0) is 19.4 Å². The average Bonchev–Trinajstić information content (AvgIpc) is 2.60. The molecule has 1 aliphatic rings. The third-order valence-corrected chi connectivity index (χ3v) is 5.66. The van der Waals surface area contributed by atoms with E-state index in [1.165, 1.54) is 6.92 Å². The van der Waals surface area contributed by atoms with E-state index in [-0.39, 0.29) is 11.5 Å². The number of amides is 1.